The van der Waals surface area contributed by atoms with Crippen molar-refractivity contribution in [3.8, 4) is 0 Å². The zero-order chi connectivity index (χ0) is 11.1. The second kappa shape index (κ2) is 6.56. The van der Waals surface area contributed by atoms with Gasteiger partial charge in [-0.3, -0.25) is 0 Å². The quantitative estimate of drug-likeness (QED) is 0.639. The fraction of sp³-hybridized carbons (Fsp3) is 0.500. The van der Waals surface area contributed by atoms with Crippen molar-refractivity contribution in [3.63, 3.8) is 0 Å². The molecule has 1 unspecified atom stereocenters. The lowest BCUT2D eigenvalue weighted by molar-refractivity contribution is 0.225. The van der Waals surface area contributed by atoms with E-state index in [-0.39, 0.29) is 19.3 Å². The van der Waals surface area contributed by atoms with Crippen molar-refractivity contribution in [2.75, 3.05) is 19.8 Å². The molecule has 3 nitrogen and oxygen atoms in total. The minimum Gasteiger partial charge on any atom is -0.395 e. The molecule has 0 radical (unpaired) electrons. The van der Waals surface area contributed by atoms with Gasteiger partial charge < -0.3 is 15.5 Å². The highest BCUT2D eigenvalue weighted by Crippen LogP contribution is 2.09. The molecule has 3 heteroatoms. The first-order chi connectivity index (χ1) is 7.27. The Balaban J connectivity index is 2.54. The molecule has 0 aliphatic rings. The molecule has 84 valence electrons. The van der Waals surface area contributed by atoms with Gasteiger partial charge in [0.2, 0.25) is 0 Å². The number of aliphatic hydroxyl groups excluding tert-OH is 2. The van der Waals surface area contributed by atoms with Gasteiger partial charge in [0.05, 0.1) is 13.2 Å². The summed E-state index contributed by atoms with van der Waals surface area (Å²) in [6.45, 7) is 2.78. The van der Waals surface area contributed by atoms with Crippen LogP contribution in [-0.2, 0) is 6.42 Å². The van der Waals surface area contributed by atoms with Crippen molar-refractivity contribution in [2.24, 2.45) is 0 Å². The zero-order valence-electron chi connectivity index (χ0n) is 9.11. The Hall–Kier alpha value is -0.900. The number of benzene rings is 1. The average Bonchev–Trinajstić information content (AvgIpc) is 2.26. The van der Waals surface area contributed by atoms with Crippen molar-refractivity contribution < 1.29 is 10.2 Å². The predicted octanol–water partition coefficient (Wildman–Crippen LogP) is 0.480. The fourth-order valence-corrected chi connectivity index (χ4v) is 1.57. The second-order valence-corrected chi connectivity index (χ2v) is 3.69. The Bertz CT molecular complexity index is 289. The van der Waals surface area contributed by atoms with Gasteiger partial charge in [0.15, 0.2) is 0 Å². The van der Waals surface area contributed by atoms with Crippen molar-refractivity contribution >= 4 is 0 Å². The van der Waals surface area contributed by atoms with Crippen LogP contribution in [0.15, 0.2) is 24.3 Å². The molecule has 0 aliphatic heterocycles. The minimum atomic E-state index is 0.0262. The summed E-state index contributed by atoms with van der Waals surface area (Å²) in [5.41, 5.74) is 2.48. The van der Waals surface area contributed by atoms with Gasteiger partial charge in [-0.25, -0.2) is 0 Å². The Morgan fingerprint density at radius 2 is 2.00 bits per heavy atom. The Kier molecular flexibility index (Phi) is 5.32. The van der Waals surface area contributed by atoms with E-state index in [1.807, 2.05) is 12.1 Å². The van der Waals surface area contributed by atoms with Crippen LogP contribution in [0.25, 0.3) is 0 Å². The van der Waals surface area contributed by atoms with E-state index in [2.05, 4.69) is 24.4 Å². The molecule has 15 heavy (non-hydrogen) atoms. The van der Waals surface area contributed by atoms with Crippen LogP contribution in [0.1, 0.15) is 11.1 Å². The van der Waals surface area contributed by atoms with Gasteiger partial charge in [0.1, 0.15) is 0 Å². The van der Waals surface area contributed by atoms with Crippen LogP contribution in [0.3, 0.4) is 0 Å². The van der Waals surface area contributed by atoms with Gasteiger partial charge in [-0.15, -0.1) is 0 Å². The topological polar surface area (TPSA) is 52.5 Å². The molecule has 3 N–H and O–H groups in total. The van der Waals surface area contributed by atoms with E-state index in [1.54, 1.807) is 0 Å². The van der Waals surface area contributed by atoms with E-state index in [4.69, 9.17) is 10.2 Å². The van der Waals surface area contributed by atoms with Gasteiger partial charge in [-0.1, -0.05) is 24.3 Å². The molecule has 1 aromatic carbocycles. The highest BCUT2D eigenvalue weighted by molar-refractivity contribution is 5.26. The first kappa shape index (κ1) is 12.2. The Morgan fingerprint density at radius 3 is 2.60 bits per heavy atom. The largest absolute Gasteiger partial charge is 0.395 e. The van der Waals surface area contributed by atoms with Gasteiger partial charge in [0.25, 0.3) is 0 Å². The average molecular weight is 209 g/mol. The van der Waals surface area contributed by atoms with Crippen molar-refractivity contribution in [2.45, 2.75) is 19.4 Å². The normalized spacial score (nSPS) is 12.7. The van der Waals surface area contributed by atoms with Crippen LogP contribution in [0.5, 0.6) is 0 Å². The molecular formula is C12H19NO2. The summed E-state index contributed by atoms with van der Waals surface area (Å²) in [6.07, 6.45) is 0.795. The lowest BCUT2D eigenvalue weighted by atomic mass is 10.0. The molecule has 1 atom stereocenters. The summed E-state index contributed by atoms with van der Waals surface area (Å²) < 4.78 is 0. The summed E-state index contributed by atoms with van der Waals surface area (Å²) in [4.78, 5) is 0. The number of aliphatic hydroxyl groups is 2. The van der Waals surface area contributed by atoms with Crippen LogP contribution < -0.4 is 5.32 Å². The number of nitrogens with one attached hydrogen (secondary N) is 1. The van der Waals surface area contributed by atoms with Crippen molar-refractivity contribution in [3.05, 3.63) is 35.4 Å². The number of aryl methyl sites for hydroxylation is 1. The number of hydrogen-bond acceptors (Lipinski definition) is 3. The van der Waals surface area contributed by atoms with Crippen LogP contribution in [0, 0.1) is 6.92 Å². The molecule has 1 aromatic rings. The highest BCUT2D eigenvalue weighted by Gasteiger charge is 2.08. The number of rotatable bonds is 6. The SMILES string of the molecule is Cc1ccccc1CC(CO)NCCO. The molecule has 0 aromatic heterocycles. The molecule has 0 bridgehead atoms. The maximum absolute atomic E-state index is 9.16. The third-order valence-corrected chi connectivity index (χ3v) is 2.49. The molecule has 0 spiro atoms. The van der Waals surface area contributed by atoms with E-state index >= 15 is 0 Å². The summed E-state index contributed by atoms with van der Waals surface area (Å²) in [5.74, 6) is 0. The molecule has 0 heterocycles. The lowest BCUT2D eigenvalue weighted by Gasteiger charge is -2.16. The van der Waals surface area contributed by atoms with Crippen LogP contribution in [0.2, 0.25) is 0 Å². The smallest absolute Gasteiger partial charge is 0.0587 e. The van der Waals surface area contributed by atoms with Crippen LogP contribution in [0.4, 0.5) is 0 Å². The maximum atomic E-state index is 9.16. The molecule has 0 aliphatic carbocycles. The van der Waals surface area contributed by atoms with E-state index in [0.717, 1.165) is 6.42 Å². The fourth-order valence-electron chi connectivity index (χ4n) is 1.57. The maximum Gasteiger partial charge on any atom is 0.0587 e. The van der Waals surface area contributed by atoms with Crippen LogP contribution in [-0.4, -0.2) is 36.0 Å². The highest BCUT2D eigenvalue weighted by atomic mass is 16.3. The lowest BCUT2D eigenvalue weighted by Crippen LogP contribution is -2.36. The molecule has 0 saturated carbocycles. The zero-order valence-corrected chi connectivity index (χ0v) is 9.11. The summed E-state index contributed by atoms with van der Waals surface area (Å²) in [5, 5.41) is 20.9. The molecule has 0 fully saturated rings. The Labute approximate surface area is 90.8 Å². The van der Waals surface area contributed by atoms with E-state index in [0.29, 0.717) is 6.54 Å². The van der Waals surface area contributed by atoms with Gasteiger partial charge in [0, 0.05) is 12.6 Å². The molecular weight excluding hydrogens is 190 g/mol. The molecule has 0 saturated heterocycles. The summed E-state index contributed by atoms with van der Waals surface area (Å²) in [6, 6.07) is 8.17. The van der Waals surface area contributed by atoms with Gasteiger partial charge >= 0.3 is 0 Å². The third kappa shape index (κ3) is 4.00. The monoisotopic (exact) mass is 209 g/mol. The number of hydrogen-bond donors (Lipinski definition) is 3. The first-order valence-electron chi connectivity index (χ1n) is 5.27. The van der Waals surface area contributed by atoms with E-state index in [9.17, 15) is 0 Å². The first-order valence-corrected chi connectivity index (χ1v) is 5.27. The Morgan fingerprint density at radius 1 is 1.27 bits per heavy atom. The van der Waals surface area contributed by atoms with E-state index < -0.39 is 0 Å². The summed E-state index contributed by atoms with van der Waals surface area (Å²) >= 11 is 0. The van der Waals surface area contributed by atoms with Crippen LogP contribution >= 0.6 is 0 Å². The predicted molar refractivity (Wildman–Crippen MR) is 60.8 cm³/mol. The van der Waals surface area contributed by atoms with Gasteiger partial charge in [-0.2, -0.15) is 0 Å². The van der Waals surface area contributed by atoms with Gasteiger partial charge in [-0.05, 0) is 24.5 Å². The molecule has 1 rings (SSSR count). The summed E-state index contributed by atoms with van der Waals surface area (Å²) in [7, 11) is 0. The molecule has 0 amide bonds. The minimum absolute atomic E-state index is 0.0262. The van der Waals surface area contributed by atoms with E-state index in [1.165, 1.54) is 11.1 Å². The van der Waals surface area contributed by atoms with Crippen molar-refractivity contribution in [1.82, 2.24) is 5.32 Å². The standard InChI is InChI=1S/C12H19NO2/c1-10-4-2-3-5-11(10)8-12(9-15)13-6-7-14/h2-5,12-15H,6-9H2,1H3. The van der Waals surface area contributed by atoms with Crippen molar-refractivity contribution in [1.29, 1.82) is 0 Å². The third-order valence-electron chi connectivity index (χ3n) is 2.49. The second-order valence-electron chi connectivity index (χ2n) is 3.69.